The minimum atomic E-state index is 1.19. The van der Waals surface area contributed by atoms with Crippen molar-refractivity contribution in [1.82, 2.24) is 4.98 Å². The number of rotatable bonds is 1. The third-order valence-corrected chi connectivity index (χ3v) is 2.05. The molecule has 0 aliphatic heterocycles. The largest absolute Gasteiger partial charge is 0.359 e. The van der Waals surface area contributed by atoms with Crippen LogP contribution in [0.2, 0.25) is 0 Å². The molecule has 0 atom stereocenters. The van der Waals surface area contributed by atoms with Crippen LogP contribution in [-0.2, 0) is 0 Å². The van der Waals surface area contributed by atoms with Crippen molar-refractivity contribution in [3.8, 4) is 0 Å². The summed E-state index contributed by atoms with van der Waals surface area (Å²) >= 11 is 0. The molecule has 0 saturated heterocycles. The zero-order valence-corrected chi connectivity index (χ0v) is 7.09. The van der Waals surface area contributed by atoms with Crippen molar-refractivity contribution in [2.75, 3.05) is 0 Å². The van der Waals surface area contributed by atoms with Gasteiger partial charge in [-0.25, -0.2) is 0 Å². The molecule has 0 spiro atoms. The predicted octanol–water partition coefficient (Wildman–Crippen LogP) is 3.12. The quantitative estimate of drug-likeness (QED) is 0.654. The summed E-state index contributed by atoms with van der Waals surface area (Å²) in [6.45, 7) is 5.84. The Labute approximate surface area is 71.7 Å². The number of aromatic nitrogens is 1. The molecule has 1 heterocycles. The molecule has 0 bridgehead atoms. The second kappa shape index (κ2) is 2.52. The van der Waals surface area contributed by atoms with Crippen LogP contribution in [0.3, 0.4) is 0 Å². The maximum Gasteiger partial charge on any atom is 0.0462 e. The first-order valence-corrected chi connectivity index (χ1v) is 4.02. The van der Waals surface area contributed by atoms with E-state index in [2.05, 4.69) is 36.7 Å². The van der Waals surface area contributed by atoms with Gasteiger partial charge in [-0.15, -0.1) is 0 Å². The lowest BCUT2D eigenvalue weighted by Crippen LogP contribution is -1.72. The number of aryl methyl sites for hydroxylation is 1. The van der Waals surface area contributed by atoms with E-state index in [0.717, 1.165) is 0 Å². The van der Waals surface area contributed by atoms with Gasteiger partial charge in [0, 0.05) is 16.6 Å². The van der Waals surface area contributed by atoms with Crippen LogP contribution in [0, 0.1) is 6.92 Å². The number of hydrogen-bond donors (Lipinski definition) is 1. The summed E-state index contributed by atoms with van der Waals surface area (Å²) in [5.74, 6) is 0. The number of H-pyrrole nitrogens is 1. The van der Waals surface area contributed by atoms with Crippen LogP contribution in [0.15, 0.2) is 30.8 Å². The summed E-state index contributed by atoms with van der Waals surface area (Å²) in [6.07, 6.45) is 1.88. The first-order valence-electron chi connectivity index (χ1n) is 4.02. The van der Waals surface area contributed by atoms with Gasteiger partial charge in [0.05, 0.1) is 0 Å². The van der Waals surface area contributed by atoms with Crippen molar-refractivity contribution in [2.24, 2.45) is 0 Å². The molecule has 0 saturated carbocycles. The number of aromatic amines is 1. The second-order valence-electron chi connectivity index (χ2n) is 2.96. The van der Waals surface area contributed by atoms with Crippen molar-refractivity contribution in [3.63, 3.8) is 0 Å². The molecule has 0 aliphatic carbocycles. The molecule has 1 nitrogen and oxygen atoms in total. The summed E-state index contributed by atoms with van der Waals surface area (Å²) < 4.78 is 0. The topological polar surface area (TPSA) is 15.8 Å². The lowest BCUT2D eigenvalue weighted by Gasteiger charge is -1.93. The van der Waals surface area contributed by atoms with Crippen LogP contribution in [0.4, 0.5) is 0 Å². The Morgan fingerprint density at radius 2 is 2.25 bits per heavy atom. The minimum Gasteiger partial charge on any atom is -0.359 e. The van der Waals surface area contributed by atoms with Crippen molar-refractivity contribution >= 4 is 17.0 Å². The molecule has 0 unspecified atom stereocenters. The molecule has 2 rings (SSSR count). The van der Waals surface area contributed by atoms with Gasteiger partial charge >= 0.3 is 0 Å². The predicted molar refractivity (Wildman–Crippen MR) is 53.1 cm³/mol. The van der Waals surface area contributed by atoms with Crippen molar-refractivity contribution in [3.05, 3.63) is 42.1 Å². The molecular formula is C11H11N. The standard InChI is InChI=1S/C11H11N/c1-3-9-5-4-6-11-10(9)7-8(2)12-11/h3-7,12H,1H2,2H3. The third-order valence-electron chi connectivity index (χ3n) is 2.05. The molecule has 1 aromatic carbocycles. The van der Waals surface area contributed by atoms with Crippen molar-refractivity contribution < 1.29 is 0 Å². The van der Waals surface area contributed by atoms with E-state index in [9.17, 15) is 0 Å². The van der Waals surface area contributed by atoms with Crippen molar-refractivity contribution in [1.29, 1.82) is 0 Å². The average molecular weight is 157 g/mol. The highest BCUT2D eigenvalue weighted by atomic mass is 14.7. The van der Waals surface area contributed by atoms with Gasteiger partial charge in [-0.3, -0.25) is 0 Å². The van der Waals surface area contributed by atoms with Gasteiger partial charge in [0.25, 0.3) is 0 Å². The zero-order valence-electron chi connectivity index (χ0n) is 7.09. The normalized spacial score (nSPS) is 10.4. The maximum absolute atomic E-state index is 3.78. The molecule has 0 radical (unpaired) electrons. The average Bonchev–Trinajstić information content (AvgIpc) is 2.44. The Bertz CT molecular complexity index is 423. The second-order valence-corrected chi connectivity index (χ2v) is 2.96. The molecule has 12 heavy (non-hydrogen) atoms. The van der Waals surface area contributed by atoms with E-state index >= 15 is 0 Å². The summed E-state index contributed by atoms with van der Waals surface area (Å²) in [6, 6.07) is 8.33. The van der Waals surface area contributed by atoms with E-state index in [-0.39, 0.29) is 0 Å². The Morgan fingerprint density at radius 1 is 1.42 bits per heavy atom. The Kier molecular flexibility index (Phi) is 1.51. The lowest BCUT2D eigenvalue weighted by atomic mass is 10.1. The highest BCUT2D eigenvalue weighted by Crippen LogP contribution is 2.19. The van der Waals surface area contributed by atoms with Gasteiger partial charge in [-0.2, -0.15) is 0 Å². The summed E-state index contributed by atoms with van der Waals surface area (Å²) in [5, 5.41) is 1.25. The number of nitrogens with one attached hydrogen (secondary N) is 1. The number of benzene rings is 1. The molecule has 1 aromatic heterocycles. The number of fused-ring (bicyclic) bond motifs is 1. The molecule has 0 aliphatic rings. The van der Waals surface area contributed by atoms with Crippen molar-refractivity contribution in [2.45, 2.75) is 6.92 Å². The first kappa shape index (κ1) is 7.17. The van der Waals surface area contributed by atoms with E-state index in [4.69, 9.17) is 0 Å². The van der Waals surface area contributed by atoms with Crippen LogP contribution in [-0.4, -0.2) is 4.98 Å². The monoisotopic (exact) mass is 157 g/mol. The van der Waals surface area contributed by atoms with Gasteiger partial charge in [0.1, 0.15) is 0 Å². The fraction of sp³-hybridized carbons (Fsp3) is 0.0909. The highest BCUT2D eigenvalue weighted by molar-refractivity contribution is 5.88. The fourth-order valence-corrected chi connectivity index (χ4v) is 1.50. The summed E-state index contributed by atoms with van der Waals surface area (Å²) in [5.41, 5.74) is 3.57. The van der Waals surface area contributed by atoms with E-state index in [0.29, 0.717) is 0 Å². The maximum atomic E-state index is 3.78. The van der Waals surface area contributed by atoms with E-state index in [1.165, 1.54) is 22.2 Å². The van der Waals surface area contributed by atoms with Gasteiger partial charge in [-0.05, 0) is 24.6 Å². The Balaban J connectivity index is 2.86. The molecule has 0 amide bonds. The minimum absolute atomic E-state index is 1.19. The van der Waals surface area contributed by atoms with Crippen LogP contribution >= 0.6 is 0 Å². The SMILES string of the molecule is C=Cc1cccc2[nH]c(C)cc12. The first-order chi connectivity index (χ1) is 5.81. The number of hydrogen-bond acceptors (Lipinski definition) is 0. The molecule has 1 heteroatoms. The van der Waals surface area contributed by atoms with Gasteiger partial charge < -0.3 is 4.98 Å². The molecule has 2 aromatic rings. The highest BCUT2D eigenvalue weighted by Gasteiger charge is 1.98. The molecule has 1 N–H and O–H groups in total. The van der Waals surface area contributed by atoms with Crippen LogP contribution < -0.4 is 0 Å². The molecule has 60 valence electrons. The zero-order chi connectivity index (χ0) is 8.55. The van der Waals surface area contributed by atoms with E-state index < -0.39 is 0 Å². The molecule has 0 fully saturated rings. The summed E-state index contributed by atoms with van der Waals surface area (Å²) in [7, 11) is 0. The van der Waals surface area contributed by atoms with Crippen LogP contribution in [0.1, 0.15) is 11.3 Å². The fourth-order valence-electron chi connectivity index (χ4n) is 1.50. The third kappa shape index (κ3) is 0.944. The Hall–Kier alpha value is -1.50. The van der Waals surface area contributed by atoms with Crippen LogP contribution in [0.5, 0.6) is 0 Å². The lowest BCUT2D eigenvalue weighted by molar-refractivity contribution is 1.30. The smallest absolute Gasteiger partial charge is 0.0462 e. The van der Waals surface area contributed by atoms with Crippen LogP contribution in [0.25, 0.3) is 17.0 Å². The Morgan fingerprint density at radius 3 is 3.00 bits per heavy atom. The summed E-state index contributed by atoms with van der Waals surface area (Å²) in [4.78, 5) is 3.29. The van der Waals surface area contributed by atoms with E-state index in [1.54, 1.807) is 0 Å². The van der Waals surface area contributed by atoms with Gasteiger partial charge in [0.2, 0.25) is 0 Å². The van der Waals surface area contributed by atoms with E-state index in [1.807, 2.05) is 12.1 Å². The van der Waals surface area contributed by atoms with Gasteiger partial charge in [0.15, 0.2) is 0 Å². The molecular weight excluding hydrogens is 146 g/mol. The van der Waals surface area contributed by atoms with Gasteiger partial charge in [-0.1, -0.05) is 24.8 Å².